The van der Waals surface area contributed by atoms with Crippen LogP contribution in [-0.2, 0) is 14.6 Å². The van der Waals surface area contributed by atoms with Crippen LogP contribution in [0, 0.1) is 6.92 Å². The van der Waals surface area contributed by atoms with E-state index in [2.05, 4.69) is 11.9 Å². The third-order valence-electron chi connectivity index (χ3n) is 3.06. The number of aryl methyl sites for hydroxylation is 1. The normalized spacial score (nSPS) is 14.5. The van der Waals surface area contributed by atoms with Gasteiger partial charge in [0.1, 0.15) is 0 Å². The molecule has 1 rings (SSSR count). The van der Waals surface area contributed by atoms with Gasteiger partial charge in [-0.05, 0) is 25.5 Å². The Morgan fingerprint density at radius 2 is 1.84 bits per heavy atom. The van der Waals surface area contributed by atoms with Gasteiger partial charge in [-0.3, -0.25) is 4.79 Å². The van der Waals surface area contributed by atoms with Crippen LogP contribution < -0.4 is 5.32 Å². The first-order chi connectivity index (χ1) is 8.75. The quantitative estimate of drug-likeness (QED) is 0.837. The lowest BCUT2D eigenvalue weighted by Crippen LogP contribution is -2.37. The smallest absolute Gasteiger partial charge is 0.243 e. The van der Waals surface area contributed by atoms with Gasteiger partial charge in [-0.1, -0.05) is 36.4 Å². The van der Waals surface area contributed by atoms with E-state index in [4.69, 9.17) is 0 Å². The Labute approximate surface area is 114 Å². The lowest BCUT2D eigenvalue weighted by Gasteiger charge is -2.24. The zero-order chi connectivity index (χ0) is 14.6. The fourth-order valence-electron chi connectivity index (χ4n) is 1.70. The number of hydrogen-bond acceptors (Lipinski definition) is 3. The Morgan fingerprint density at radius 3 is 2.26 bits per heavy atom. The molecule has 0 aliphatic rings. The van der Waals surface area contributed by atoms with Crippen molar-refractivity contribution in [2.24, 2.45) is 0 Å². The molecule has 1 aromatic carbocycles. The lowest BCUT2D eigenvalue weighted by atomic mass is 10.0. The van der Waals surface area contributed by atoms with Gasteiger partial charge >= 0.3 is 0 Å². The molecule has 104 valence electrons. The maximum absolute atomic E-state index is 11.7. The molecule has 0 aromatic heterocycles. The fourth-order valence-corrected chi connectivity index (χ4v) is 2.42. The second-order valence-corrected chi connectivity index (χ2v) is 7.04. The average Bonchev–Trinajstić information content (AvgIpc) is 2.35. The summed E-state index contributed by atoms with van der Waals surface area (Å²) >= 11 is 0. The highest BCUT2D eigenvalue weighted by Gasteiger charge is 2.28. The van der Waals surface area contributed by atoms with Crippen LogP contribution >= 0.6 is 0 Å². The van der Waals surface area contributed by atoms with Crippen molar-refractivity contribution in [3.63, 3.8) is 0 Å². The summed E-state index contributed by atoms with van der Waals surface area (Å²) in [5.41, 5.74) is 1.84. The summed E-state index contributed by atoms with van der Waals surface area (Å²) in [6.45, 7) is 6.91. The number of rotatable bonds is 5. The maximum atomic E-state index is 11.7. The Kier molecular flexibility index (Phi) is 4.89. The molecule has 1 amide bonds. The van der Waals surface area contributed by atoms with Crippen molar-refractivity contribution in [3.8, 4) is 0 Å². The lowest BCUT2D eigenvalue weighted by molar-refractivity contribution is -0.117. The van der Waals surface area contributed by atoms with Crippen LogP contribution in [0.5, 0.6) is 0 Å². The molecule has 1 N–H and O–H groups in total. The van der Waals surface area contributed by atoms with Crippen molar-refractivity contribution in [2.75, 3.05) is 6.26 Å². The number of carbonyl (C=O) groups is 1. The minimum atomic E-state index is -3.26. The van der Waals surface area contributed by atoms with Gasteiger partial charge in [0, 0.05) is 6.26 Å². The number of amides is 1. The molecule has 0 heterocycles. The molecular formula is C14H19NO3S. The number of benzene rings is 1. The summed E-state index contributed by atoms with van der Waals surface area (Å²) in [5, 5.41) is 1.96. The maximum Gasteiger partial charge on any atom is 0.243 e. The zero-order valence-corrected chi connectivity index (χ0v) is 12.2. The van der Waals surface area contributed by atoms with Crippen molar-refractivity contribution in [1.82, 2.24) is 5.32 Å². The largest absolute Gasteiger partial charge is 0.344 e. The van der Waals surface area contributed by atoms with Crippen LogP contribution in [0.4, 0.5) is 0 Å². The molecular weight excluding hydrogens is 262 g/mol. The van der Waals surface area contributed by atoms with Gasteiger partial charge in [-0.2, -0.15) is 0 Å². The van der Waals surface area contributed by atoms with Crippen molar-refractivity contribution in [3.05, 3.63) is 48.0 Å². The van der Waals surface area contributed by atoms with Gasteiger partial charge in [0.05, 0.1) is 11.3 Å². The highest BCUT2D eigenvalue weighted by molar-refractivity contribution is 7.91. The first-order valence-corrected chi connectivity index (χ1v) is 7.89. The second-order valence-electron chi connectivity index (χ2n) is 4.64. The molecule has 19 heavy (non-hydrogen) atoms. The van der Waals surface area contributed by atoms with Crippen LogP contribution in [0.15, 0.2) is 36.9 Å². The molecule has 0 radical (unpaired) electrons. The molecule has 0 spiro atoms. The van der Waals surface area contributed by atoms with E-state index in [-0.39, 0.29) is 5.91 Å². The second kappa shape index (κ2) is 6.02. The molecule has 0 saturated carbocycles. The van der Waals surface area contributed by atoms with Crippen molar-refractivity contribution in [1.29, 1.82) is 0 Å². The third kappa shape index (κ3) is 4.21. The summed E-state index contributed by atoms with van der Waals surface area (Å²) in [6.07, 6.45) is 2.30. The van der Waals surface area contributed by atoms with Crippen LogP contribution in [0.25, 0.3) is 0 Å². The molecule has 0 unspecified atom stereocenters. The van der Waals surface area contributed by atoms with Gasteiger partial charge in [0.15, 0.2) is 9.84 Å². The summed E-state index contributed by atoms with van der Waals surface area (Å²) in [4.78, 5) is 11.5. The molecule has 4 nitrogen and oxygen atoms in total. The molecule has 1 aromatic rings. The Morgan fingerprint density at radius 1 is 1.32 bits per heavy atom. The predicted molar refractivity (Wildman–Crippen MR) is 76.6 cm³/mol. The van der Waals surface area contributed by atoms with Crippen molar-refractivity contribution >= 4 is 15.7 Å². The number of hydrogen-bond donors (Lipinski definition) is 1. The van der Waals surface area contributed by atoms with Gasteiger partial charge in [0.2, 0.25) is 5.91 Å². The fraction of sp³-hybridized carbons (Fsp3) is 0.357. The number of carbonyl (C=O) groups excluding carboxylic acids is 1. The third-order valence-corrected chi connectivity index (χ3v) is 4.69. The molecule has 0 fully saturated rings. The minimum absolute atomic E-state index is 0.388. The average molecular weight is 281 g/mol. The molecule has 0 aliphatic carbocycles. The van der Waals surface area contributed by atoms with Crippen molar-refractivity contribution < 1.29 is 13.2 Å². The Hall–Kier alpha value is -1.62. The topological polar surface area (TPSA) is 63.2 Å². The van der Waals surface area contributed by atoms with Gasteiger partial charge < -0.3 is 5.32 Å². The predicted octanol–water partition coefficient (Wildman–Crippen LogP) is 1.77. The Balaban J connectivity index is 3.15. The summed E-state index contributed by atoms with van der Waals surface area (Å²) < 4.78 is 23.4. The van der Waals surface area contributed by atoms with E-state index >= 15 is 0 Å². The summed E-state index contributed by atoms with van der Waals surface area (Å²) in [7, 11) is -3.26. The first kappa shape index (κ1) is 15.4. The zero-order valence-electron chi connectivity index (χ0n) is 11.4. The molecule has 0 saturated heterocycles. The molecule has 0 aliphatic heterocycles. The Bertz CT molecular complexity index is 561. The number of sulfone groups is 1. The highest BCUT2D eigenvalue weighted by Crippen LogP contribution is 2.22. The summed E-state index contributed by atoms with van der Waals surface area (Å²) in [5.74, 6) is -0.388. The van der Waals surface area contributed by atoms with Gasteiger partial charge in [-0.15, -0.1) is 0 Å². The van der Waals surface area contributed by atoms with Crippen LogP contribution in [0.1, 0.15) is 24.1 Å². The van der Waals surface area contributed by atoms with Gasteiger partial charge in [-0.25, -0.2) is 8.42 Å². The van der Waals surface area contributed by atoms with Crippen LogP contribution in [-0.4, -0.2) is 25.8 Å². The van der Waals surface area contributed by atoms with E-state index in [0.717, 1.165) is 17.2 Å². The van der Waals surface area contributed by atoms with E-state index in [0.29, 0.717) is 0 Å². The van der Waals surface area contributed by atoms with Crippen LogP contribution in [0.2, 0.25) is 0 Å². The minimum Gasteiger partial charge on any atom is -0.344 e. The van der Waals surface area contributed by atoms with E-state index in [1.54, 1.807) is 6.92 Å². The highest BCUT2D eigenvalue weighted by atomic mass is 32.2. The van der Waals surface area contributed by atoms with E-state index < -0.39 is 21.1 Å². The van der Waals surface area contributed by atoms with E-state index in [1.807, 2.05) is 31.2 Å². The monoisotopic (exact) mass is 281 g/mol. The first-order valence-electron chi connectivity index (χ1n) is 5.94. The number of nitrogens with one attached hydrogen (secondary N) is 1. The molecule has 0 bridgehead atoms. The SMILES string of the molecule is C=CC(=O)N[C@@H](c1ccc(C)cc1)[C@@H](C)S(C)(=O)=O. The van der Waals surface area contributed by atoms with Gasteiger partial charge in [0.25, 0.3) is 0 Å². The van der Waals surface area contributed by atoms with E-state index in [1.165, 1.54) is 6.26 Å². The standard InChI is InChI=1S/C14H19NO3S/c1-5-13(16)15-14(11(3)19(4,17)18)12-8-6-10(2)7-9-12/h5-9,11,14H,1H2,2-4H3,(H,15,16)/t11-,14-/m1/s1. The molecule has 2 atom stereocenters. The van der Waals surface area contributed by atoms with Crippen LogP contribution in [0.3, 0.4) is 0 Å². The molecule has 5 heteroatoms. The summed E-state index contributed by atoms with van der Waals surface area (Å²) in [6, 6.07) is 6.84. The van der Waals surface area contributed by atoms with Crippen molar-refractivity contribution in [2.45, 2.75) is 25.1 Å². The van der Waals surface area contributed by atoms with E-state index in [9.17, 15) is 13.2 Å².